The van der Waals surface area contributed by atoms with E-state index in [0.29, 0.717) is 13.0 Å². The highest BCUT2D eigenvalue weighted by molar-refractivity contribution is 5.67. The molecule has 0 N–H and O–H groups in total. The van der Waals surface area contributed by atoms with E-state index in [-0.39, 0.29) is 0 Å². The molecule has 0 saturated heterocycles. The van der Waals surface area contributed by atoms with Gasteiger partial charge in [-0.1, -0.05) is 54.1 Å². The van der Waals surface area contributed by atoms with Gasteiger partial charge in [-0.05, 0) is 36.3 Å². The van der Waals surface area contributed by atoms with Crippen LogP contribution in [0, 0.1) is 6.92 Å². The molecule has 4 rings (SSSR count). The number of alkyl halides is 1. The summed E-state index contributed by atoms with van der Waals surface area (Å²) in [6.45, 7) is 2.49. The number of hydrogen-bond donors (Lipinski definition) is 0. The van der Waals surface area contributed by atoms with Crippen molar-refractivity contribution in [3.8, 4) is 22.6 Å². The van der Waals surface area contributed by atoms with Gasteiger partial charge in [-0.25, -0.2) is 4.39 Å². The molecule has 2 heterocycles. The minimum absolute atomic E-state index is 0.431. The molecule has 0 spiro atoms. The molecule has 2 aromatic heterocycles. The van der Waals surface area contributed by atoms with Gasteiger partial charge in [0.2, 0.25) is 0 Å². The first kappa shape index (κ1) is 16.5. The number of nitrogens with zero attached hydrogens (tertiary/aromatic N) is 3. The van der Waals surface area contributed by atoms with Crippen LogP contribution in [0.25, 0.3) is 22.6 Å². The Hall–Kier alpha value is -3.01. The minimum atomic E-state index is -0.951. The second-order valence-electron chi connectivity index (χ2n) is 6.53. The van der Waals surface area contributed by atoms with E-state index in [1.807, 2.05) is 47.2 Å². The maximum atomic E-state index is 14.3. The van der Waals surface area contributed by atoms with Crippen molar-refractivity contribution in [3.05, 3.63) is 84.1 Å². The fourth-order valence-corrected chi connectivity index (χ4v) is 3.10. The van der Waals surface area contributed by atoms with E-state index in [0.717, 1.165) is 28.2 Å². The van der Waals surface area contributed by atoms with E-state index in [9.17, 15) is 4.39 Å². The number of allylic oxidation sites excluding steroid dienone is 4. The standard InChI is InChI=1S/C22H20FN3/c1-16-9-11-17(12-10-16)22-14-21(20-8-4-5-13-24-20)25-26(22)15-18-6-2-3-7-19(18)23/h2-6,8-14,19H,7,15H2,1H3. The first-order valence-electron chi connectivity index (χ1n) is 8.76. The lowest BCUT2D eigenvalue weighted by Gasteiger charge is -2.16. The molecule has 3 nitrogen and oxygen atoms in total. The normalized spacial score (nSPS) is 16.5. The maximum absolute atomic E-state index is 14.3. The summed E-state index contributed by atoms with van der Waals surface area (Å²) in [5.41, 5.74) is 5.59. The SMILES string of the molecule is Cc1ccc(-c2cc(-c3ccccn3)nn2CC2=CC=CCC2F)cc1. The molecule has 0 radical (unpaired) electrons. The average Bonchev–Trinajstić information content (AvgIpc) is 3.09. The monoisotopic (exact) mass is 345 g/mol. The van der Waals surface area contributed by atoms with Gasteiger partial charge in [0.1, 0.15) is 11.9 Å². The van der Waals surface area contributed by atoms with E-state index in [4.69, 9.17) is 5.10 Å². The molecule has 1 aromatic carbocycles. The van der Waals surface area contributed by atoms with E-state index >= 15 is 0 Å². The molecule has 0 amide bonds. The van der Waals surface area contributed by atoms with Crippen molar-refractivity contribution >= 4 is 0 Å². The molecule has 0 fully saturated rings. The zero-order valence-corrected chi connectivity index (χ0v) is 14.6. The van der Waals surface area contributed by atoms with Crippen LogP contribution in [0.2, 0.25) is 0 Å². The predicted molar refractivity (Wildman–Crippen MR) is 102 cm³/mol. The Balaban J connectivity index is 1.77. The number of aromatic nitrogens is 3. The van der Waals surface area contributed by atoms with Crippen molar-refractivity contribution in [1.82, 2.24) is 14.8 Å². The van der Waals surface area contributed by atoms with Crippen LogP contribution >= 0.6 is 0 Å². The van der Waals surface area contributed by atoms with Crippen molar-refractivity contribution in [2.24, 2.45) is 0 Å². The molecule has 130 valence electrons. The maximum Gasteiger partial charge on any atom is 0.127 e. The highest BCUT2D eigenvalue weighted by atomic mass is 19.1. The van der Waals surface area contributed by atoms with Crippen LogP contribution in [-0.2, 0) is 6.54 Å². The average molecular weight is 345 g/mol. The summed E-state index contributed by atoms with van der Waals surface area (Å²) in [7, 11) is 0. The van der Waals surface area contributed by atoms with E-state index in [2.05, 4.69) is 36.2 Å². The van der Waals surface area contributed by atoms with Gasteiger partial charge in [-0.2, -0.15) is 5.10 Å². The van der Waals surface area contributed by atoms with Crippen LogP contribution in [0.15, 0.2) is 78.5 Å². The van der Waals surface area contributed by atoms with Gasteiger partial charge in [0, 0.05) is 12.6 Å². The van der Waals surface area contributed by atoms with Crippen LogP contribution in [0.4, 0.5) is 4.39 Å². The highest BCUT2D eigenvalue weighted by Crippen LogP contribution is 2.28. The minimum Gasteiger partial charge on any atom is -0.260 e. The van der Waals surface area contributed by atoms with Crippen LogP contribution < -0.4 is 0 Å². The molecule has 26 heavy (non-hydrogen) atoms. The van der Waals surface area contributed by atoms with Gasteiger partial charge in [0.15, 0.2) is 0 Å². The third-order valence-electron chi connectivity index (χ3n) is 4.58. The van der Waals surface area contributed by atoms with Crippen LogP contribution in [-0.4, -0.2) is 20.9 Å². The number of benzene rings is 1. The molecule has 1 aliphatic rings. The van der Waals surface area contributed by atoms with E-state index < -0.39 is 6.17 Å². The quantitative estimate of drug-likeness (QED) is 0.655. The van der Waals surface area contributed by atoms with Gasteiger partial charge < -0.3 is 0 Å². The molecule has 4 heteroatoms. The Morgan fingerprint density at radius 3 is 2.69 bits per heavy atom. The summed E-state index contributed by atoms with van der Waals surface area (Å²) in [5, 5.41) is 4.73. The molecule has 0 saturated carbocycles. The van der Waals surface area contributed by atoms with Gasteiger partial charge in [-0.3, -0.25) is 9.67 Å². The summed E-state index contributed by atoms with van der Waals surface area (Å²) in [4.78, 5) is 4.40. The third-order valence-corrected chi connectivity index (χ3v) is 4.58. The lowest BCUT2D eigenvalue weighted by Crippen LogP contribution is -2.14. The lowest BCUT2D eigenvalue weighted by atomic mass is 10.0. The topological polar surface area (TPSA) is 30.7 Å². The van der Waals surface area contributed by atoms with Crippen molar-refractivity contribution in [2.45, 2.75) is 26.1 Å². The number of pyridine rings is 1. The van der Waals surface area contributed by atoms with Crippen molar-refractivity contribution in [2.75, 3.05) is 0 Å². The number of hydrogen-bond acceptors (Lipinski definition) is 2. The van der Waals surface area contributed by atoms with Crippen molar-refractivity contribution < 1.29 is 4.39 Å². The largest absolute Gasteiger partial charge is 0.260 e. The Bertz CT molecular complexity index is 953. The number of halogens is 1. The van der Waals surface area contributed by atoms with E-state index in [1.54, 1.807) is 6.20 Å². The predicted octanol–water partition coefficient (Wildman–Crippen LogP) is 5.14. The third kappa shape index (κ3) is 3.36. The molecule has 0 bridgehead atoms. The molecular weight excluding hydrogens is 325 g/mol. The van der Waals surface area contributed by atoms with Gasteiger partial charge in [-0.15, -0.1) is 0 Å². The summed E-state index contributed by atoms with van der Waals surface area (Å²) in [6.07, 6.45) is 6.87. The Kier molecular flexibility index (Phi) is 4.48. The molecule has 1 aliphatic carbocycles. The molecule has 3 aromatic rings. The van der Waals surface area contributed by atoms with Crippen LogP contribution in [0.1, 0.15) is 12.0 Å². The van der Waals surface area contributed by atoms with Crippen LogP contribution in [0.5, 0.6) is 0 Å². The van der Waals surface area contributed by atoms with Crippen molar-refractivity contribution in [3.63, 3.8) is 0 Å². The lowest BCUT2D eigenvalue weighted by molar-refractivity contribution is 0.366. The Labute approximate surface area is 152 Å². The fraction of sp³-hybridized carbons (Fsp3) is 0.182. The van der Waals surface area contributed by atoms with Gasteiger partial charge in [0.05, 0.1) is 17.9 Å². The highest BCUT2D eigenvalue weighted by Gasteiger charge is 2.18. The number of rotatable bonds is 4. The molecular formula is C22H20FN3. The summed E-state index contributed by atoms with van der Waals surface area (Å²) < 4.78 is 16.2. The summed E-state index contributed by atoms with van der Waals surface area (Å²) >= 11 is 0. The Morgan fingerprint density at radius 2 is 1.96 bits per heavy atom. The molecule has 1 atom stereocenters. The first-order chi connectivity index (χ1) is 12.7. The fourth-order valence-electron chi connectivity index (χ4n) is 3.10. The Morgan fingerprint density at radius 1 is 1.12 bits per heavy atom. The summed E-state index contributed by atoms with van der Waals surface area (Å²) in [6, 6.07) is 16.1. The van der Waals surface area contributed by atoms with Gasteiger partial charge in [0.25, 0.3) is 0 Å². The molecule has 0 aliphatic heterocycles. The van der Waals surface area contributed by atoms with Gasteiger partial charge >= 0.3 is 0 Å². The first-order valence-corrected chi connectivity index (χ1v) is 8.76. The summed E-state index contributed by atoms with van der Waals surface area (Å²) in [5.74, 6) is 0. The smallest absolute Gasteiger partial charge is 0.127 e. The van der Waals surface area contributed by atoms with E-state index in [1.165, 1.54) is 5.56 Å². The number of aryl methyl sites for hydroxylation is 1. The van der Waals surface area contributed by atoms with Crippen molar-refractivity contribution in [1.29, 1.82) is 0 Å². The van der Waals surface area contributed by atoms with Crippen LogP contribution in [0.3, 0.4) is 0 Å². The zero-order valence-electron chi connectivity index (χ0n) is 14.6. The second-order valence-corrected chi connectivity index (χ2v) is 6.53. The zero-order chi connectivity index (χ0) is 17.9. The second kappa shape index (κ2) is 7.08. The molecule has 1 unspecified atom stereocenters.